The molecule has 1 aliphatic heterocycles. The molecule has 108 valence electrons. The standard InChI is InChI=1S/C16H21NO3/c1-12-6-4-7-13-8-5-11-17(16(12)13)14(18)9-2-3-10-15(19)20/h4,6-7H,2-3,5,8-11H2,1H3,(H,19,20). The summed E-state index contributed by atoms with van der Waals surface area (Å²) < 4.78 is 0. The van der Waals surface area contributed by atoms with Gasteiger partial charge in [0.15, 0.2) is 0 Å². The van der Waals surface area contributed by atoms with Gasteiger partial charge in [-0.2, -0.15) is 0 Å². The van der Waals surface area contributed by atoms with E-state index in [-0.39, 0.29) is 12.3 Å². The van der Waals surface area contributed by atoms with Crippen molar-refractivity contribution >= 4 is 17.6 Å². The second-order valence-corrected chi connectivity index (χ2v) is 5.33. The molecule has 1 aliphatic rings. The van der Waals surface area contributed by atoms with E-state index in [1.165, 1.54) is 5.56 Å². The van der Waals surface area contributed by atoms with Gasteiger partial charge < -0.3 is 10.0 Å². The molecule has 0 bridgehead atoms. The summed E-state index contributed by atoms with van der Waals surface area (Å²) in [5, 5.41) is 8.60. The van der Waals surface area contributed by atoms with E-state index >= 15 is 0 Å². The molecule has 0 atom stereocenters. The predicted octanol–water partition coefficient (Wildman–Crippen LogP) is 2.92. The topological polar surface area (TPSA) is 57.6 Å². The first kappa shape index (κ1) is 14.6. The van der Waals surface area contributed by atoms with Gasteiger partial charge in [-0.15, -0.1) is 0 Å². The number of amides is 1. The number of aliphatic carboxylic acids is 1. The number of aryl methyl sites for hydroxylation is 2. The van der Waals surface area contributed by atoms with Crippen LogP contribution in [0, 0.1) is 6.92 Å². The fourth-order valence-corrected chi connectivity index (χ4v) is 2.78. The number of unbranched alkanes of at least 4 members (excludes halogenated alkanes) is 1. The van der Waals surface area contributed by atoms with Gasteiger partial charge in [0.05, 0.1) is 0 Å². The SMILES string of the molecule is Cc1cccc2c1N(C(=O)CCCCC(=O)O)CCC2. The van der Waals surface area contributed by atoms with Crippen LogP contribution in [-0.2, 0) is 16.0 Å². The van der Waals surface area contributed by atoms with E-state index < -0.39 is 5.97 Å². The van der Waals surface area contributed by atoms with Crippen molar-refractivity contribution in [3.63, 3.8) is 0 Å². The number of fused-ring (bicyclic) bond motifs is 1. The number of rotatable bonds is 5. The van der Waals surface area contributed by atoms with E-state index in [1.54, 1.807) is 0 Å². The Morgan fingerprint density at radius 1 is 1.25 bits per heavy atom. The fraction of sp³-hybridized carbons (Fsp3) is 0.500. The van der Waals surface area contributed by atoms with E-state index in [4.69, 9.17) is 5.11 Å². The Balaban J connectivity index is 2.00. The van der Waals surface area contributed by atoms with Gasteiger partial charge in [0.2, 0.25) is 5.91 Å². The average Bonchev–Trinajstić information content (AvgIpc) is 2.43. The minimum atomic E-state index is -0.795. The first-order valence-electron chi connectivity index (χ1n) is 7.20. The van der Waals surface area contributed by atoms with E-state index in [1.807, 2.05) is 24.0 Å². The summed E-state index contributed by atoms with van der Waals surface area (Å²) in [5.74, 6) is -0.678. The first-order valence-corrected chi connectivity index (χ1v) is 7.20. The van der Waals surface area contributed by atoms with Crippen LogP contribution in [-0.4, -0.2) is 23.5 Å². The van der Waals surface area contributed by atoms with Crippen LogP contribution < -0.4 is 4.90 Å². The number of carboxylic acid groups (broad SMARTS) is 1. The van der Waals surface area contributed by atoms with Crippen LogP contribution in [0.15, 0.2) is 18.2 Å². The van der Waals surface area contributed by atoms with Crippen molar-refractivity contribution in [1.82, 2.24) is 0 Å². The zero-order chi connectivity index (χ0) is 14.5. The lowest BCUT2D eigenvalue weighted by Gasteiger charge is -2.31. The van der Waals surface area contributed by atoms with Gasteiger partial charge in [-0.05, 0) is 43.7 Å². The second kappa shape index (κ2) is 6.55. The lowest BCUT2D eigenvalue weighted by molar-refractivity contribution is -0.137. The van der Waals surface area contributed by atoms with Gasteiger partial charge in [-0.25, -0.2) is 0 Å². The van der Waals surface area contributed by atoms with Crippen LogP contribution in [0.4, 0.5) is 5.69 Å². The Morgan fingerprint density at radius 2 is 2.00 bits per heavy atom. The van der Waals surface area contributed by atoms with E-state index in [0.717, 1.165) is 30.6 Å². The van der Waals surface area contributed by atoms with Crippen LogP contribution >= 0.6 is 0 Å². The summed E-state index contributed by atoms with van der Waals surface area (Å²) in [5.41, 5.74) is 3.46. The maximum atomic E-state index is 12.3. The smallest absolute Gasteiger partial charge is 0.303 e. The van der Waals surface area contributed by atoms with Crippen molar-refractivity contribution in [3.05, 3.63) is 29.3 Å². The highest BCUT2D eigenvalue weighted by atomic mass is 16.4. The number of carbonyl (C=O) groups excluding carboxylic acids is 1. The molecule has 0 saturated heterocycles. The van der Waals surface area contributed by atoms with Crippen molar-refractivity contribution in [2.75, 3.05) is 11.4 Å². The highest BCUT2D eigenvalue weighted by molar-refractivity contribution is 5.95. The Morgan fingerprint density at radius 3 is 2.75 bits per heavy atom. The van der Waals surface area contributed by atoms with E-state index in [9.17, 15) is 9.59 Å². The molecule has 1 aromatic carbocycles. The van der Waals surface area contributed by atoms with E-state index in [2.05, 4.69) is 6.07 Å². The third kappa shape index (κ3) is 3.38. The lowest BCUT2D eigenvalue weighted by Crippen LogP contribution is -2.35. The highest BCUT2D eigenvalue weighted by Crippen LogP contribution is 2.31. The third-order valence-corrected chi connectivity index (χ3v) is 3.75. The Hall–Kier alpha value is -1.84. The average molecular weight is 275 g/mol. The molecule has 0 unspecified atom stereocenters. The summed E-state index contributed by atoms with van der Waals surface area (Å²) in [7, 11) is 0. The van der Waals surface area contributed by atoms with Crippen LogP contribution in [0.1, 0.15) is 43.2 Å². The highest BCUT2D eigenvalue weighted by Gasteiger charge is 2.23. The minimum Gasteiger partial charge on any atom is -0.481 e. The number of benzene rings is 1. The third-order valence-electron chi connectivity index (χ3n) is 3.75. The van der Waals surface area contributed by atoms with Crippen molar-refractivity contribution in [2.24, 2.45) is 0 Å². The van der Waals surface area contributed by atoms with Crippen LogP contribution in [0.3, 0.4) is 0 Å². The number of carboxylic acids is 1. The molecule has 0 fully saturated rings. The number of carbonyl (C=O) groups is 2. The second-order valence-electron chi connectivity index (χ2n) is 5.33. The van der Waals surface area contributed by atoms with Gasteiger partial charge in [0.1, 0.15) is 0 Å². The number of nitrogens with zero attached hydrogens (tertiary/aromatic N) is 1. The van der Waals surface area contributed by atoms with Gasteiger partial charge in [-0.3, -0.25) is 9.59 Å². The van der Waals surface area contributed by atoms with Crippen LogP contribution in [0.2, 0.25) is 0 Å². The Labute approximate surface area is 119 Å². The van der Waals surface area contributed by atoms with Gasteiger partial charge in [0.25, 0.3) is 0 Å². The molecule has 0 spiro atoms. The summed E-state index contributed by atoms with van der Waals surface area (Å²) >= 11 is 0. The van der Waals surface area contributed by atoms with Crippen LogP contribution in [0.5, 0.6) is 0 Å². The molecule has 0 radical (unpaired) electrons. The summed E-state index contributed by atoms with van der Waals surface area (Å²) in [6.45, 7) is 2.81. The maximum Gasteiger partial charge on any atom is 0.303 e. The molecule has 0 saturated carbocycles. The molecule has 2 rings (SSSR count). The molecule has 1 N–H and O–H groups in total. The molecular weight excluding hydrogens is 254 g/mol. The zero-order valence-electron chi connectivity index (χ0n) is 11.9. The molecule has 1 amide bonds. The van der Waals surface area contributed by atoms with Crippen molar-refractivity contribution in [2.45, 2.75) is 45.4 Å². The molecule has 20 heavy (non-hydrogen) atoms. The first-order chi connectivity index (χ1) is 9.59. The number of anilines is 1. The Kier molecular flexibility index (Phi) is 4.77. The lowest BCUT2D eigenvalue weighted by atomic mass is 9.97. The van der Waals surface area contributed by atoms with Crippen molar-refractivity contribution in [3.8, 4) is 0 Å². The predicted molar refractivity (Wildman–Crippen MR) is 78.0 cm³/mol. The molecule has 4 heteroatoms. The van der Waals surface area contributed by atoms with Crippen molar-refractivity contribution < 1.29 is 14.7 Å². The van der Waals surface area contributed by atoms with Crippen molar-refractivity contribution in [1.29, 1.82) is 0 Å². The largest absolute Gasteiger partial charge is 0.481 e. The molecule has 1 aromatic rings. The molecule has 0 aromatic heterocycles. The van der Waals surface area contributed by atoms with Gasteiger partial charge >= 0.3 is 5.97 Å². The minimum absolute atomic E-state index is 0.116. The van der Waals surface area contributed by atoms with Gasteiger partial charge in [0, 0.05) is 25.1 Å². The van der Waals surface area contributed by atoms with Gasteiger partial charge in [-0.1, -0.05) is 18.2 Å². The molecule has 1 heterocycles. The number of hydrogen-bond acceptors (Lipinski definition) is 2. The summed E-state index contributed by atoms with van der Waals surface area (Å²) in [6.07, 6.45) is 3.81. The van der Waals surface area contributed by atoms with Crippen LogP contribution in [0.25, 0.3) is 0 Å². The zero-order valence-corrected chi connectivity index (χ0v) is 11.9. The quantitative estimate of drug-likeness (QED) is 0.841. The number of para-hydroxylation sites is 1. The number of hydrogen-bond donors (Lipinski definition) is 1. The molecular formula is C16H21NO3. The maximum absolute atomic E-state index is 12.3. The summed E-state index contributed by atoms with van der Waals surface area (Å²) in [6, 6.07) is 6.16. The molecule has 0 aliphatic carbocycles. The Bertz CT molecular complexity index is 510. The molecule has 4 nitrogen and oxygen atoms in total. The summed E-state index contributed by atoms with van der Waals surface area (Å²) in [4.78, 5) is 24.7. The fourth-order valence-electron chi connectivity index (χ4n) is 2.78. The monoisotopic (exact) mass is 275 g/mol. The van der Waals surface area contributed by atoms with E-state index in [0.29, 0.717) is 19.3 Å². The normalized spacial score (nSPS) is 13.9.